The summed E-state index contributed by atoms with van der Waals surface area (Å²) in [5.41, 5.74) is 9.70. The normalized spacial score (nSPS) is 13.3. The summed E-state index contributed by atoms with van der Waals surface area (Å²) in [7, 11) is 0. The summed E-state index contributed by atoms with van der Waals surface area (Å²) in [5.74, 6) is 0. The van der Waals surface area contributed by atoms with Gasteiger partial charge in [-0.05, 0) is 37.1 Å². The van der Waals surface area contributed by atoms with Gasteiger partial charge in [-0.25, -0.2) is 0 Å². The molecule has 3 N–H and O–H groups in total. The highest BCUT2D eigenvalue weighted by Gasteiger charge is 2.13. The lowest BCUT2D eigenvalue weighted by Crippen LogP contribution is -2.09. The highest BCUT2D eigenvalue weighted by atomic mass is 79.9. The molecule has 1 aromatic carbocycles. The smallest absolute Gasteiger partial charge is 0.0460 e. The summed E-state index contributed by atoms with van der Waals surface area (Å²) < 4.78 is 1.10. The van der Waals surface area contributed by atoms with Gasteiger partial charge in [-0.15, -0.1) is 0 Å². The Bertz CT molecular complexity index is 488. The van der Waals surface area contributed by atoms with E-state index in [9.17, 15) is 0 Å². The zero-order valence-corrected chi connectivity index (χ0v) is 10.6. The number of benzene rings is 1. The standard InChI is InChI=1S/C12H15BrN2/c1-3-10(14)12-7(2)15-11-5-4-8(13)6-9(11)12/h4-6,10,15H,3,14H2,1-2H3. The van der Waals surface area contributed by atoms with Crippen molar-refractivity contribution in [1.82, 2.24) is 4.98 Å². The van der Waals surface area contributed by atoms with Crippen molar-refractivity contribution in [2.45, 2.75) is 26.3 Å². The van der Waals surface area contributed by atoms with Crippen LogP contribution in [0, 0.1) is 6.92 Å². The van der Waals surface area contributed by atoms with Gasteiger partial charge >= 0.3 is 0 Å². The van der Waals surface area contributed by atoms with E-state index in [1.54, 1.807) is 0 Å². The van der Waals surface area contributed by atoms with Crippen LogP contribution in [0.5, 0.6) is 0 Å². The second-order valence-corrected chi connectivity index (χ2v) is 4.78. The van der Waals surface area contributed by atoms with Crippen LogP contribution >= 0.6 is 15.9 Å². The number of nitrogens with two attached hydrogens (primary N) is 1. The molecule has 1 unspecified atom stereocenters. The highest BCUT2D eigenvalue weighted by Crippen LogP contribution is 2.30. The van der Waals surface area contributed by atoms with Crippen LogP contribution in [-0.2, 0) is 0 Å². The maximum atomic E-state index is 6.12. The van der Waals surface area contributed by atoms with Crippen LogP contribution in [-0.4, -0.2) is 4.98 Å². The largest absolute Gasteiger partial charge is 0.358 e. The number of hydrogen-bond acceptors (Lipinski definition) is 1. The maximum absolute atomic E-state index is 6.12. The van der Waals surface area contributed by atoms with E-state index in [2.05, 4.69) is 46.9 Å². The first-order valence-corrected chi connectivity index (χ1v) is 5.96. The number of aromatic amines is 1. The predicted octanol–water partition coefficient (Wildman–Crippen LogP) is 3.65. The van der Waals surface area contributed by atoms with Gasteiger partial charge in [0, 0.05) is 27.1 Å². The van der Waals surface area contributed by atoms with Crippen LogP contribution in [0.1, 0.15) is 30.6 Å². The Balaban J connectivity index is 2.70. The Morgan fingerprint density at radius 1 is 1.47 bits per heavy atom. The molecule has 0 aliphatic heterocycles. The Labute approximate surface area is 98.0 Å². The molecule has 0 fully saturated rings. The van der Waals surface area contributed by atoms with Crippen LogP contribution < -0.4 is 5.73 Å². The summed E-state index contributed by atoms with van der Waals surface area (Å²) in [6.45, 7) is 4.19. The molecule has 0 saturated heterocycles. The molecule has 0 saturated carbocycles. The second kappa shape index (κ2) is 3.99. The average molecular weight is 267 g/mol. The molecule has 2 nitrogen and oxygen atoms in total. The molecule has 2 rings (SSSR count). The third-order valence-corrected chi connectivity index (χ3v) is 3.30. The summed E-state index contributed by atoms with van der Waals surface area (Å²) in [6.07, 6.45) is 0.959. The van der Waals surface area contributed by atoms with Crippen molar-refractivity contribution in [1.29, 1.82) is 0 Å². The molecule has 2 aromatic rings. The van der Waals surface area contributed by atoms with Gasteiger partial charge in [-0.1, -0.05) is 22.9 Å². The van der Waals surface area contributed by atoms with E-state index in [1.807, 2.05) is 6.07 Å². The number of H-pyrrole nitrogens is 1. The Morgan fingerprint density at radius 2 is 2.20 bits per heavy atom. The van der Waals surface area contributed by atoms with Crippen molar-refractivity contribution in [2.24, 2.45) is 5.73 Å². The SMILES string of the molecule is CCC(N)c1c(C)[nH]c2ccc(Br)cc12. The number of hydrogen-bond donors (Lipinski definition) is 2. The molecule has 1 atom stereocenters. The zero-order chi connectivity index (χ0) is 11.0. The van der Waals surface area contributed by atoms with Crippen LogP contribution in [0.15, 0.2) is 22.7 Å². The fourth-order valence-corrected chi connectivity index (χ4v) is 2.36. The number of aromatic nitrogens is 1. The topological polar surface area (TPSA) is 41.8 Å². The minimum atomic E-state index is 0.119. The third-order valence-electron chi connectivity index (χ3n) is 2.81. The van der Waals surface area contributed by atoms with Gasteiger partial charge in [-0.3, -0.25) is 0 Å². The van der Waals surface area contributed by atoms with E-state index in [0.717, 1.165) is 16.4 Å². The fourth-order valence-electron chi connectivity index (χ4n) is 2.00. The van der Waals surface area contributed by atoms with Crippen LogP contribution in [0.3, 0.4) is 0 Å². The van der Waals surface area contributed by atoms with E-state index in [0.29, 0.717) is 0 Å². The molecule has 1 aromatic heterocycles. The number of aryl methyl sites for hydroxylation is 1. The third kappa shape index (κ3) is 1.82. The van der Waals surface area contributed by atoms with Gasteiger partial charge < -0.3 is 10.7 Å². The lowest BCUT2D eigenvalue weighted by atomic mass is 10.0. The number of fused-ring (bicyclic) bond motifs is 1. The summed E-state index contributed by atoms with van der Waals surface area (Å²) in [4.78, 5) is 3.37. The molecule has 1 heterocycles. The predicted molar refractivity (Wildman–Crippen MR) is 68.0 cm³/mol. The summed E-state index contributed by atoms with van der Waals surface area (Å²) in [5, 5.41) is 1.23. The lowest BCUT2D eigenvalue weighted by molar-refractivity contribution is 0.699. The first kappa shape index (κ1) is 10.7. The van der Waals surface area contributed by atoms with Gasteiger partial charge in [0.05, 0.1) is 0 Å². The molecule has 3 heteroatoms. The Morgan fingerprint density at radius 3 is 2.87 bits per heavy atom. The first-order chi connectivity index (χ1) is 7.13. The monoisotopic (exact) mass is 266 g/mol. The molecular formula is C12H15BrN2. The van der Waals surface area contributed by atoms with Crippen LogP contribution in [0.2, 0.25) is 0 Å². The minimum absolute atomic E-state index is 0.119. The first-order valence-electron chi connectivity index (χ1n) is 5.16. The van der Waals surface area contributed by atoms with Gasteiger partial charge in [0.1, 0.15) is 0 Å². The maximum Gasteiger partial charge on any atom is 0.0460 e. The quantitative estimate of drug-likeness (QED) is 0.856. The summed E-state index contributed by atoms with van der Waals surface area (Å²) in [6, 6.07) is 6.37. The Kier molecular flexibility index (Phi) is 2.85. The van der Waals surface area contributed by atoms with Crippen molar-refractivity contribution in [3.8, 4) is 0 Å². The van der Waals surface area contributed by atoms with Gasteiger partial charge in [0.15, 0.2) is 0 Å². The number of halogens is 1. The highest BCUT2D eigenvalue weighted by molar-refractivity contribution is 9.10. The van der Waals surface area contributed by atoms with Gasteiger partial charge in [-0.2, -0.15) is 0 Å². The molecule has 0 amide bonds. The van der Waals surface area contributed by atoms with Crippen LogP contribution in [0.25, 0.3) is 10.9 Å². The molecule has 0 radical (unpaired) electrons. The van der Waals surface area contributed by atoms with Crippen molar-refractivity contribution in [2.75, 3.05) is 0 Å². The number of nitrogens with one attached hydrogen (secondary N) is 1. The molecule has 0 aliphatic carbocycles. The molecule has 15 heavy (non-hydrogen) atoms. The van der Waals surface area contributed by atoms with Gasteiger partial charge in [0.2, 0.25) is 0 Å². The van der Waals surface area contributed by atoms with Gasteiger partial charge in [0.25, 0.3) is 0 Å². The van der Waals surface area contributed by atoms with E-state index < -0.39 is 0 Å². The van der Waals surface area contributed by atoms with Crippen LogP contribution in [0.4, 0.5) is 0 Å². The van der Waals surface area contributed by atoms with E-state index >= 15 is 0 Å². The van der Waals surface area contributed by atoms with Crippen molar-refractivity contribution < 1.29 is 0 Å². The molecule has 80 valence electrons. The van der Waals surface area contributed by atoms with Crippen molar-refractivity contribution in [3.63, 3.8) is 0 Å². The molecule has 0 aliphatic rings. The molecule has 0 spiro atoms. The Hall–Kier alpha value is -0.800. The van der Waals surface area contributed by atoms with Crippen molar-refractivity contribution in [3.05, 3.63) is 33.9 Å². The average Bonchev–Trinajstić information content (AvgIpc) is 2.52. The lowest BCUT2D eigenvalue weighted by Gasteiger charge is -2.09. The zero-order valence-electron chi connectivity index (χ0n) is 8.97. The van der Waals surface area contributed by atoms with E-state index in [4.69, 9.17) is 5.73 Å². The second-order valence-electron chi connectivity index (χ2n) is 3.87. The molecular weight excluding hydrogens is 252 g/mol. The van der Waals surface area contributed by atoms with E-state index in [1.165, 1.54) is 16.6 Å². The molecule has 0 bridgehead atoms. The number of rotatable bonds is 2. The van der Waals surface area contributed by atoms with E-state index in [-0.39, 0.29) is 6.04 Å². The fraction of sp³-hybridized carbons (Fsp3) is 0.333. The van der Waals surface area contributed by atoms with Crippen molar-refractivity contribution >= 4 is 26.8 Å². The minimum Gasteiger partial charge on any atom is -0.358 e. The summed E-state index contributed by atoms with van der Waals surface area (Å²) >= 11 is 3.49.